The molecule has 1 aliphatic heterocycles. The third-order valence-electron chi connectivity index (χ3n) is 3.37. The molecule has 0 bridgehead atoms. The molecule has 0 radical (unpaired) electrons. The summed E-state index contributed by atoms with van der Waals surface area (Å²) in [6.45, 7) is 2.40. The Morgan fingerprint density at radius 3 is 2.60 bits per heavy atom. The van der Waals surface area contributed by atoms with Gasteiger partial charge in [0, 0.05) is 39.3 Å². The van der Waals surface area contributed by atoms with E-state index in [2.05, 4.69) is 15.7 Å². The summed E-state index contributed by atoms with van der Waals surface area (Å²) in [5.41, 5.74) is -0.0464. The summed E-state index contributed by atoms with van der Waals surface area (Å²) >= 11 is 0. The van der Waals surface area contributed by atoms with Crippen molar-refractivity contribution >= 4 is 17.7 Å². The SMILES string of the molecule is Cc1nn(C)cc1NC(=O)NC1(C(=O)O)CCOCC1. The fraction of sp³-hybridized carbons (Fsp3) is 0.583. The summed E-state index contributed by atoms with van der Waals surface area (Å²) in [4.78, 5) is 23.4. The molecule has 8 nitrogen and oxygen atoms in total. The van der Waals surface area contributed by atoms with Crippen LogP contribution in [0, 0.1) is 6.92 Å². The quantitative estimate of drug-likeness (QED) is 0.748. The van der Waals surface area contributed by atoms with Crippen LogP contribution in [0.3, 0.4) is 0 Å². The molecule has 2 heterocycles. The zero-order chi connectivity index (χ0) is 14.8. The Kier molecular flexibility index (Phi) is 3.93. The van der Waals surface area contributed by atoms with Gasteiger partial charge in [0.2, 0.25) is 0 Å². The van der Waals surface area contributed by atoms with E-state index in [9.17, 15) is 14.7 Å². The summed E-state index contributed by atoms with van der Waals surface area (Å²) < 4.78 is 6.72. The number of rotatable bonds is 3. The van der Waals surface area contributed by atoms with E-state index in [-0.39, 0.29) is 12.8 Å². The second kappa shape index (κ2) is 5.49. The molecule has 0 atom stereocenters. The lowest BCUT2D eigenvalue weighted by atomic mass is 9.90. The molecule has 0 aromatic carbocycles. The number of aromatic nitrogens is 2. The molecule has 0 aliphatic carbocycles. The van der Waals surface area contributed by atoms with Gasteiger partial charge in [-0.25, -0.2) is 9.59 Å². The van der Waals surface area contributed by atoms with Gasteiger partial charge in [-0.1, -0.05) is 0 Å². The maximum Gasteiger partial charge on any atom is 0.329 e. The van der Waals surface area contributed by atoms with Crippen LogP contribution >= 0.6 is 0 Å². The van der Waals surface area contributed by atoms with Crippen LogP contribution in [-0.2, 0) is 16.6 Å². The van der Waals surface area contributed by atoms with Gasteiger partial charge in [-0.05, 0) is 6.92 Å². The summed E-state index contributed by atoms with van der Waals surface area (Å²) in [5, 5.41) is 18.6. The van der Waals surface area contributed by atoms with Crippen LogP contribution in [0.4, 0.5) is 10.5 Å². The third-order valence-corrected chi connectivity index (χ3v) is 3.37. The maximum atomic E-state index is 12.0. The molecular weight excluding hydrogens is 264 g/mol. The van der Waals surface area contributed by atoms with E-state index >= 15 is 0 Å². The first-order valence-corrected chi connectivity index (χ1v) is 6.33. The van der Waals surface area contributed by atoms with Crippen molar-refractivity contribution in [2.24, 2.45) is 7.05 Å². The number of carbonyl (C=O) groups excluding carboxylic acids is 1. The van der Waals surface area contributed by atoms with Gasteiger partial charge in [0.25, 0.3) is 0 Å². The lowest BCUT2D eigenvalue weighted by Gasteiger charge is -2.33. The number of hydrogen-bond acceptors (Lipinski definition) is 4. The monoisotopic (exact) mass is 282 g/mol. The van der Waals surface area contributed by atoms with Gasteiger partial charge < -0.3 is 20.5 Å². The number of hydrogen-bond donors (Lipinski definition) is 3. The Morgan fingerprint density at radius 1 is 1.45 bits per heavy atom. The molecule has 0 saturated carbocycles. The number of carboxylic acid groups (broad SMARTS) is 1. The number of nitrogens with one attached hydrogen (secondary N) is 2. The van der Waals surface area contributed by atoms with Crippen molar-refractivity contribution in [1.82, 2.24) is 15.1 Å². The molecule has 1 saturated heterocycles. The minimum Gasteiger partial charge on any atom is -0.480 e. The number of carbonyl (C=O) groups is 2. The van der Waals surface area contributed by atoms with Crippen LogP contribution in [-0.4, -0.2) is 45.6 Å². The molecular formula is C12H18N4O4. The molecule has 2 rings (SSSR count). The fourth-order valence-electron chi connectivity index (χ4n) is 2.21. The van der Waals surface area contributed by atoms with E-state index < -0.39 is 17.5 Å². The Hall–Kier alpha value is -2.09. The standard InChI is InChI=1S/C12H18N4O4/c1-8-9(7-16(2)15-8)13-11(19)14-12(10(17)18)3-5-20-6-4-12/h7H,3-6H2,1-2H3,(H,17,18)(H2,13,14,19). The van der Waals surface area contributed by atoms with E-state index in [4.69, 9.17) is 4.74 Å². The highest BCUT2D eigenvalue weighted by Gasteiger charge is 2.41. The van der Waals surface area contributed by atoms with E-state index in [1.807, 2.05) is 0 Å². The summed E-state index contributed by atoms with van der Waals surface area (Å²) in [6.07, 6.45) is 2.16. The first-order valence-electron chi connectivity index (χ1n) is 6.33. The van der Waals surface area contributed by atoms with Gasteiger partial charge in [0.15, 0.2) is 0 Å². The Balaban J connectivity index is 2.05. The zero-order valence-corrected chi connectivity index (χ0v) is 11.5. The molecule has 0 unspecified atom stereocenters. The van der Waals surface area contributed by atoms with Crippen molar-refractivity contribution in [2.45, 2.75) is 25.3 Å². The number of aliphatic carboxylic acids is 1. The number of carboxylic acids is 1. The van der Waals surface area contributed by atoms with Crippen molar-refractivity contribution in [2.75, 3.05) is 18.5 Å². The zero-order valence-electron chi connectivity index (χ0n) is 11.5. The number of ether oxygens (including phenoxy) is 1. The van der Waals surface area contributed by atoms with Gasteiger partial charge in [-0.2, -0.15) is 5.10 Å². The average molecular weight is 282 g/mol. The third kappa shape index (κ3) is 2.90. The minimum absolute atomic E-state index is 0.252. The van der Waals surface area contributed by atoms with Gasteiger partial charge in [-0.3, -0.25) is 4.68 Å². The Labute approximate surface area is 116 Å². The Morgan fingerprint density at radius 2 is 2.10 bits per heavy atom. The topological polar surface area (TPSA) is 105 Å². The van der Waals surface area contributed by atoms with Gasteiger partial charge in [-0.15, -0.1) is 0 Å². The Bertz CT molecular complexity index is 520. The van der Waals surface area contributed by atoms with Crippen molar-refractivity contribution < 1.29 is 19.4 Å². The van der Waals surface area contributed by atoms with E-state index in [0.717, 1.165) is 0 Å². The number of aryl methyl sites for hydroxylation is 2. The molecule has 3 N–H and O–H groups in total. The van der Waals surface area contributed by atoms with E-state index in [1.165, 1.54) is 0 Å². The molecule has 20 heavy (non-hydrogen) atoms. The highest BCUT2D eigenvalue weighted by Crippen LogP contribution is 2.21. The van der Waals surface area contributed by atoms with Crippen LogP contribution in [0.5, 0.6) is 0 Å². The molecule has 1 aromatic heterocycles. The lowest BCUT2D eigenvalue weighted by molar-refractivity contribution is -0.148. The summed E-state index contributed by atoms with van der Waals surface area (Å²) in [6, 6.07) is -0.551. The summed E-state index contributed by atoms with van der Waals surface area (Å²) in [7, 11) is 1.74. The smallest absolute Gasteiger partial charge is 0.329 e. The summed E-state index contributed by atoms with van der Waals surface area (Å²) in [5.74, 6) is -1.04. The van der Waals surface area contributed by atoms with Gasteiger partial charge in [0.1, 0.15) is 5.54 Å². The van der Waals surface area contributed by atoms with Crippen molar-refractivity contribution in [3.8, 4) is 0 Å². The first kappa shape index (κ1) is 14.3. The fourth-order valence-corrected chi connectivity index (χ4v) is 2.21. The molecule has 8 heteroatoms. The number of amides is 2. The van der Waals surface area contributed by atoms with Crippen LogP contribution in [0.1, 0.15) is 18.5 Å². The van der Waals surface area contributed by atoms with Crippen molar-refractivity contribution in [3.63, 3.8) is 0 Å². The second-order valence-corrected chi connectivity index (χ2v) is 4.88. The molecule has 110 valence electrons. The largest absolute Gasteiger partial charge is 0.480 e. The average Bonchev–Trinajstić information content (AvgIpc) is 2.68. The lowest BCUT2D eigenvalue weighted by Crippen LogP contribution is -2.58. The highest BCUT2D eigenvalue weighted by atomic mass is 16.5. The number of urea groups is 1. The highest BCUT2D eigenvalue weighted by molar-refractivity contribution is 5.94. The number of anilines is 1. The van der Waals surface area contributed by atoms with Crippen LogP contribution < -0.4 is 10.6 Å². The minimum atomic E-state index is -1.27. The van der Waals surface area contributed by atoms with Gasteiger partial charge >= 0.3 is 12.0 Å². The second-order valence-electron chi connectivity index (χ2n) is 4.88. The van der Waals surface area contributed by atoms with Crippen molar-refractivity contribution in [1.29, 1.82) is 0 Å². The molecule has 1 aromatic rings. The molecule has 1 fully saturated rings. The molecule has 1 aliphatic rings. The number of nitrogens with zero attached hydrogens (tertiary/aromatic N) is 2. The van der Waals surface area contributed by atoms with E-state index in [1.54, 1.807) is 24.9 Å². The van der Waals surface area contributed by atoms with Crippen molar-refractivity contribution in [3.05, 3.63) is 11.9 Å². The van der Waals surface area contributed by atoms with Gasteiger partial charge in [0.05, 0.1) is 11.4 Å². The van der Waals surface area contributed by atoms with Crippen LogP contribution in [0.15, 0.2) is 6.20 Å². The first-order chi connectivity index (χ1) is 9.43. The molecule has 0 spiro atoms. The predicted molar refractivity (Wildman–Crippen MR) is 70.5 cm³/mol. The van der Waals surface area contributed by atoms with Crippen LogP contribution in [0.2, 0.25) is 0 Å². The predicted octanol–water partition coefficient (Wildman–Crippen LogP) is 0.484. The normalized spacial score (nSPS) is 17.5. The molecule has 2 amide bonds. The van der Waals surface area contributed by atoms with Crippen LogP contribution in [0.25, 0.3) is 0 Å². The van der Waals surface area contributed by atoms with E-state index in [0.29, 0.717) is 24.6 Å². The maximum absolute atomic E-state index is 12.0.